The lowest BCUT2D eigenvalue weighted by atomic mass is 10.1. The molecule has 0 heterocycles. The van der Waals surface area contributed by atoms with Crippen LogP contribution < -0.4 is 10.6 Å². The highest BCUT2D eigenvalue weighted by molar-refractivity contribution is 5.92. The molecule has 1 unspecified atom stereocenters. The Balaban J connectivity index is 3.01. The normalized spacial score (nSPS) is 11.9. The molecule has 0 saturated heterocycles. The maximum Gasteiger partial charge on any atom is 0.319 e. The van der Waals surface area contributed by atoms with Gasteiger partial charge in [0.15, 0.2) is 0 Å². The Bertz CT molecular complexity index is 432. The number of amides is 2. The summed E-state index contributed by atoms with van der Waals surface area (Å²) in [5, 5.41) is 8.74. The van der Waals surface area contributed by atoms with Gasteiger partial charge in [-0.25, -0.2) is 4.79 Å². The van der Waals surface area contributed by atoms with Gasteiger partial charge >= 0.3 is 12.0 Å². The summed E-state index contributed by atoms with van der Waals surface area (Å²) in [5.41, 5.74) is 6.89. The molecule has 92 valence electrons. The van der Waals surface area contributed by atoms with Crippen LogP contribution in [0, 0.1) is 6.92 Å². The number of anilines is 1. The van der Waals surface area contributed by atoms with Gasteiger partial charge in [0, 0.05) is 11.7 Å². The number of nitrogens with two attached hydrogens (primary N) is 1. The molecule has 3 N–H and O–H groups in total. The van der Waals surface area contributed by atoms with Gasteiger partial charge in [-0.1, -0.05) is 12.1 Å². The van der Waals surface area contributed by atoms with Crippen LogP contribution in [0.2, 0.25) is 0 Å². The van der Waals surface area contributed by atoms with Crippen molar-refractivity contribution in [1.82, 2.24) is 0 Å². The van der Waals surface area contributed by atoms with Gasteiger partial charge in [0.05, 0.1) is 6.42 Å². The molecule has 17 heavy (non-hydrogen) atoms. The van der Waals surface area contributed by atoms with Gasteiger partial charge in [0.1, 0.15) is 0 Å². The number of hydrogen-bond acceptors (Lipinski definition) is 2. The van der Waals surface area contributed by atoms with Gasteiger partial charge < -0.3 is 10.8 Å². The molecule has 1 aromatic carbocycles. The average Bonchev–Trinajstić information content (AvgIpc) is 2.15. The molecular weight excluding hydrogens is 220 g/mol. The molecule has 2 amide bonds. The molecule has 1 atom stereocenters. The first kappa shape index (κ1) is 13.0. The second-order valence-electron chi connectivity index (χ2n) is 3.99. The van der Waals surface area contributed by atoms with E-state index in [4.69, 9.17) is 10.8 Å². The van der Waals surface area contributed by atoms with Crippen LogP contribution in [0.5, 0.6) is 0 Å². The summed E-state index contributed by atoms with van der Waals surface area (Å²) >= 11 is 0. The van der Waals surface area contributed by atoms with Gasteiger partial charge in [-0.3, -0.25) is 9.69 Å². The number of rotatable bonds is 4. The fourth-order valence-corrected chi connectivity index (χ4v) is 1.72. The van der Waals surface area contributed by atoms with E-state index < -0.39 is 18.0 Å². The van der Waals surface area contributed by atoms with E-state index in [1.165, 1.54) is 4.90 Å². The maximum absolute atomic E-state index is 11.4. The Morgan fingerprint density at radius 3 is 2.59 bits per heavy atom. The highest BCUT2D eigenvalue weighted by Crippen LogP contribution is 2.19. The topological polar surface area (TPSA) is 83.6 Å². The summed E-state index contributed by atoms with van der Waals surface area (Å²) in [6.07, 6.45) is -0.142. The summed E-state index contributed by atoms with van der Waals surface area (Å²) in [4.78, 5) is 23.3. The van der Waals surface area contributed by atoms with E-state index in [0.29, 0.717) is 5.69 Å². The molecular formula is C12H16N2O3. The van der Waals surface area contributed by atoms with E-state index in [1.54, 1.807) is 25.1 Å². The maximum atomic E-state index is 11.4. The molecule has 1 rings (SSSR count). The van der Waals surface area contributed by atoms with Gasteiger partial charge in [-0.15, -0.1) is 0 Å². The predicted octanol–water partition coefficient (Wildman–Crippen LogP) is 1.74. The minimum atomic E-state index is -0.962. The summed E-state index contributed by atoms with van der Waals surface area (Å²) < 4.78 is 0. The molecule has 0 aromatic heterocycles. The molecule has 5 nitrogen and oxygen atoms in total. The van der Waals surface area contributed by atoms with Crippen molar-refractivity contribution in [3.05, 3.63) is 29.8 Å². The third kappa shape index (κ3) is 3.48. The lowest BCUT2D eigenvalue weighted by molar-refractivity contribution is -0.137. The fraction of sp³-hybridized carbons (Fsp3) is 0.333. The van der Waals surface area contributed by atoms with Gasteiger partial charge in [-0.2, -0.15) is 0 Å². The lowest BCUT2D eigenvalue weighted by Gasteiger charge is -2.26. The van der Waals surface area contributed by atoms with Gasteiger partial charge in [0.2, 0.25) is 0 Å². The number of carbonyl (C=O) groups excluding carboxylic acids is 1. The number of aryl methyl sites for hydroxylation is 1. The van der Waals surface area contributed by atoms with Gasteiger partial charge in [-0.05, 0) is 31.5 Å². The Morgan fingerprint density at radius 2 is 2.12 bits per heavy atom. The third-order valence-electron chi connectivity index (χ3n) is 2.43. The van der Waals surface area contributed by atoms with Crippen molar-refractivity contribution in [2.75, 3.05) is 4.90 Å². The van der Waals surface area contributed by atoms with Crippen molar-refractivity contribution in [3.8, 4) is 0 Å². The first-order valence-corrected chi connectivity index (χ1v) is 5.29. The Morgan fingerprint density at radius 1 is 1.47 bits per heavy atom. The summed E-state index contributed by atoms with van der Waals surface area (Å²) in [6, 6.07) is 6.09. The van der Waals surface area contributed by atoms with Crippen LogP contribution in [0.4, 0.5) is 10.5 Å². The van der Waals surface area contributed by atoms with Crippen LogP contribution in [0.3, 0.4) is 0 Å². The molecule has 0 fully saturated rings. The van der Waals surface area contributed by atoms with E-state index in [0.717, 1.165) is 5.56 Å². The van der Waals surface area contributed by atoms with Crippen LogP contribution in [0.1, 0.15) is 18.9 Å². The fourth-order valence-electron chi connectivity index (χ4n) is 1.72. The van der Waals surface area contributed by atoms with Crippen LogP contribution in [-0.4, -0.2) is 23.1 Å². The number of carboxylic acid groups (broad SMARTS) is 1. The predicted molar refractivity (Wildman–Crippen MR) is 65.0 cm³/mol. The first-order chi connectivity index (χ1) is 7.91. The average molecular weight is 236 g/mol. The third-order valence-corrected chi connectivity index (χ3v) is 2.43. The number of carboxylic acids is 1. The number of urea groups is 1. The molecule has 1 aromatic rings. The molecule has 0 aliphatic carbocycles. The second kappa shape index (κ2) is 5.34. The van der Waals surface area contributed by atoms with E-state index in [9.17, 15) is 9.59 Å². The monoisotopic (exact) mass is 236 g/mol. The number of benzene rings is 1. The molecule has 0 aliphatic rings. The lowest BCUT2D eigenvalue weighted by Crippen LogP contribution is -2.43. The Labute approximate surface area is 99.8 Å². The van der Waals surface area contributed by atoms with Crippen LogP contribution in [0.25, 0.3) is 0 Å². The first-order valence-electron chi connectivity index (χ1n) is 5.29. The molecule has 5 heteroatoms. The van der Waals surface area contributed by atoms with Crippen molar-refractivity contribution >= 4 is 17.7 Å². The van der Waals surface area contributed by atoms with Crippen molar-refractivity contribution in [1.29, 1.82) is 0 Å². The second-order valence-corrected chi connectivity index (χ2v) is 3.99. The summed E-state index contributed by atoms with van der Waals surface area (Å²) in [7, 11) is 0. The zero-order valence-electron chi connectivity index (χ0n) is 9.88. The standard InChI is InChI=1S/C12H16N2O3/c1-8-4-3-5-10(6-8)14(12(13)17)9(2)7-11(15)16/h3-6,9H,7H2,1-2H3,(H2,13,17)(H,15,16). The van der Waals surface area contributed by atoms with Crippen molar-refractivity contribution in [2.24, 2.45) is 5.73 Å². The van der Waals surface area contributed by atoms with E-state index in [2.05, 4.69) is 0 Å². The zero-order chi connectivity index (χ0) is 13.0. The van der Waals surface area contributed by atoms with Crippen LogP contribution in [-0.2, 0) is 4.79 Å². The molecule has 0 saturated carbocycles. The van der Waals surface area contributed by atoms with Crippen molar-refractivity contribution in [3.63, 3.8) is 0 Å². The van der Waals surface area contributed by atoms with Crippen LogP contribution in [0.15, 0.2) is 24.3 Å². The number of primary amides is 1. The largest absolute Gasteiger partial charge is 0.481 e. The smallest absolute Gasteiger partial charge is 0.319 e. The quantitative estimate of drug-likeness (QED) is 0.835. The molecule has 0 aliphatic heterocycles. The summed E-state index contributed by atoms with van der Waals surface area (Å²) in [5.74, 6) is -0.962. The Kier molecular flexibility index (Phi) is 4.09. The molecule has 0 spiro atoms. The minimum absolute atomic E-state index is 0.142. The van der Waals surface area contributed by atoms with Gasteiger partial charge in [0.25, 0.3) is 0 Å². The summed E-state index contributed by atoms with van der Waals surface area (Å²) in [6.45, 7) is 3.55. The van der Waals surface area contributed by atoms with Crippen molar-refractivity contribution < 1.29 is 14.7 Å². The molecule has 0 radical (unpaired) electrons. The zero-order valence-corrected chi connectivity index (χ0v) is 9.88. The highest BCUT2D eigenvalue weighted by Gasteiger charge is 2.21. The van der Waals surface area contributed by atoms with Crippen molar-refractivity contribution in [2.45, 2.75) is 26.3 Å². The van der Waals surface area contributed by atoms with E-state index in [-0.39, 0.29) is 6.42 Å². The number of hydrogen-bond donors (Lipinski definition) is 2. The van der Waals surface area contributed by atoms with Crippen LogP contribution >= 0.6 is 0 Å². The Hall–Kier alpha value is -2.04. The van der Waals surface area contributed by atoms with E-state index >= 15 is 0 Å². The number of carbonyl (C=O) groups is 2. The SMILES string of the molecule is Cc1cccc(N(C(N)=O)C(C)CC(=O)O)c1. The number of nitrogens with zero attached hydrogens (tertiary/aromatic N) is 1. The van der Waals surface area contributed by atoms with E-state index in [1.807, 2.05) is 13.0 Å². The highest BCUT2D eigenvalue weighted by atomic mass is 16.4. The number of aliphatic carboxylic acids is 1. The minimum Gasteiger partial charge on any atom is -0.481 e. The molecule has 0 bridgehead atoms.